The Labute approximate surface area is 153 Å². The predicted octanol–water partition coefficient (Wildman–Crippen LogP) is 4.93. The van der Waals surface area contributed by atoms with E-state index in [0.29, 0.717) is 0 Å². The van der Waals surface area contributed by atoms with Crippen molar-refractivity contribution >= 4 is 7.44 Å². The quantitative estimate of drug-likeness (QED) is 0.697. The Balaban J connectivity index is 1.21. The smallest absolute Gasteiger partial charge is 0.209 e. The highest BCUT2D eigenvalue weighted by Gasteiger charge is 2.55. The predicted molar refractivity (Wildman–Crippen MR) is 102 cm³/mol. The van der Waals surface area contributed by atoms with Crippen LogP contribution in [-0.2, 0) is 4.57 Å². The number of hydrogen-bond donors (Lipinski definition) is 2. The summed E-state index contributed by atoms with van der Waals surface area (Å²) in [4.78, 5) is 0. The topological polar surface area (TPSA) is 41.1 Å². The molecule has 0 spiro atoms. The summed E-state index contributed by atoms with van der Waals surface area (Å²) in [6.45, 7) is 2.02. The van der Waals surface area contributed by atoms with Gasteiger partial charge in [-0.15, -0.1) is 0 Å². The van der Waals surface area contributed by atoms with Crippen LogP contribution in [0.1, 0.15) is 77.0 Å². The van der Waals surface area contributed by atoms with Gasteiger partial charge in [-0.1, -0.05) is 0 Å². The number of rotatable bonds is 4. The van der Waals surface area contributed by atoms with Crippen LogP contribution in [-0.4, -0.2) is 17.7 Å². The first-order valence-electron chi connectivity index (χ1n) is 11.0. The summed E-state index contributed by atoms with van der Waals surface area (Å²) in [6, 6.07) is 0. The van der Waals surface area contributed by atoms with Gasteiger partial charge in [0.1, 0.15) is 0 Å². The van der Waals surface area contributed by atoms with Crippen LogP contribution in [0.25, 0.3) is 0 Å². The lowest BCUT2D eigenvalue weighted by Crippen LogP contribution is -2.61. The second kappa shape index (κ2) is 5.15. The first-order chi connectivity index (χ1) is 11.9. The van der Waals surface area contributed by atoms with E-state index in [4.69, 9.17) is 0 Å². The lowest BCUT2D eigenvalue weighted by molar-refractivity contribution is -0.0146. The van der Waals surface area contributed by atoms with Crippen molar-refractivity contribution in [2.45, 2.75) is 88.1 Å². The Morgan fingerprint density at radius 1 is 0.600 bits per heavy atom. The molecule has 0 unspecified atom stereocenters. The standard InChI is InChI=1S/C21H35N2OP/c1-25(24,22-20-8-14-2-15(9-20)4-16(3-14)10-20)23-21-11-17-5-18(12-21)7-19(6-17)13-21/h14-19H,2-13H2,1H3,(H2,22,23,24). The third-order valence-corrected chi connectivity index (χ3v) is 10.8. The summed E-state index contributed by atoms with van der Waals surface area (Å²) in [5.41, 5.74) is 0.405. The van der Waals surface area contributed by atoms with E-state index in [1.165, 1.54) is 77.0 Å². The first kappa shape index (κ1) is 16.1. The summed E-state index contributed by atoms with van der Waals surface area (Å²) in [7, 11) is -2.49. The molecule has 8 aliphatic rings. The van der Waals surface area contributed by atoms with Crippen molar-refractivity contribution in [1.82, 2.24) is 10.2 Å². The Kier molecular flexibility index (Phi) is 3.32. The molecular weight excluding hydrogens is 327 g/mol. The second-order valence-electron chi connectivity index (χ2n) is 11.5. The molecule has 0 aromatic heterocycles. The van der Waals surface area contributed by atoms with Gasteiger partial charge in [0.15, 0.2) is 0 Å². The molecule has 0 aliphatic heterocycles. The van der Waals surface area contributed by atoms with Gasteiger partial charge in [0.05, 0.1) is 0 Å². The molecule has 8 aliphatic carbocycles. The van der Waals surface area contributed by atoms with E-state index in [-0.39, 0.29) is 11.1 Å². The van der Waals surface area contributed by atoms with Gasteiger partial charge < -0.3 is 0 Å². The van der Waals surface area contributed by atoms with Gasteiger partial charge in [-0.05, 0) is 113 Å². The monoisotopic (exact) mass is 362 g/mol. The third kappa shape index (κ3) is 2.71. The largest absolute Gasteiger partial charge is 0.290 e. The summed E-state index contributed by atoms with van der Waals surface area (Å²) < 4.78 is 13.8. The summed E-state index contributed by atoms with van der Waals surface area (Å²) in [6.07, 6.45) is 16.5. The molecule has 8 bridgehead atoms. The SMILES string of the molecule is CP(=O)(NC12CC3CC(CC(C3)C1)C2)NC12CC3CC(CC(C3)C1)C2. The molecule has 0 heterocycles. The van der Waals surface area contributed by atoms with Crippen LogP contribution < -0.4 is 10.2 Å². The fourth-order valence-corrected chi connectivity index (χ4v) is 11.8. The summed E-state index contributed by atoms with van der Waals surface area (Å²) in [5, 5.41) is 7.64. The number of hydrogen-bond acceptors (Lipinski definition) is 1. The molecule has 25 heavy (non-hydrogen) atoms. The van der Waals surface area contributed by atoms with Crippen LogP contribution in [0.4, 0.5) is 0 Å². The maximum absolute atomic E-state index is 13.8. The molecule has 0 radical (unpaired) electrons. The van der Waals surface area contributed by atoms with Crippen molar-refractivity contribution in [3.63, 3.8) is 0 Å². The van der Waals surface area contributed by atoms with E-state index in [9.17, 15) is 4.57 Å². The fraction of sp³-hybridized carbons (Fsp3) is 1.00. The minimum Gasteiger partial charge on any atom is -0.290 e. The maximum Gasteiger partial charge on any atom is 0.209 e. The van der Waals surface area contributed by atoms with E-state index in [1.54, 1.807) is 0 Å². The van der Waals surface area contributed by atoms with Gasteiger partial charge in [-0.3, -0.25) is 4.57 Å². The Hall–Kier alpha value is 0.150. The van der Waals surface area contributed by atoms with Crippen LogP contribution in [0, 0.1) is 35.5 Å². The lowest BCUT2D eigenvalue weighted by atomic mass is 9.53. The molecule has 0 saturated heterocycles. The van der Waals surface area contributed by atoms with E-state index >= 15 is 0 Å². The second-order valence-corrected chi connectivity index (χ2v) is 13.8. The average molecular weight is 362 g/mol. The van der Waals surface area contributed by atoms with Gasteiger partial charge >= 0.3 is 0 Å². The van der Waals surface area contributed by atoms with Crippen molar-refractivity contribution in [2.24, 2.45) is 35.5 Å². The van der Waals surface area contributed by atoms with Crippen molar-refractivity contribution in [3.8, 4) is 0 Å². The molecule has 0 atom stereocenters. The van der Waals surface area contributed by atoms with Gasteiger partial charge in [0, 0.05) is 17.7 Å². The molecular formula is C21H35N2OP. The highest BCUT2D eigenvalue weighted by atomic mass is 31.2. The molecule has 0 aromatic carbocycles. The van der Waals surface area contributed by atoms with Crippen LogP contribution in [0.2, 0.25) is 0 Å². The molecule has 0 aromatic rings. The molecule has 8 fully saturated rings. The van der Waals surface area contributed by atoms with Gasteiger partial charge in [-0.2, -0.15) is 0 Å². The Morgan fingerprint density at radius 2 is 0.840 bits per heavy atom. The van der Waals surface area contributed by atoms with Crippen LogP contribution in [0.5, 0.6) is 0 Å². The van der Waals surface area contributed by atoms with Crippen LogP contribution >= 0.6 is 7.44 Å². The highest BCUT2D eigenvalue weighted by Crippen LogP contribution is 2.61. The molecule has 4 heteroatoms. The molecule has 8 rings (SSSR count). The summed E-state index contributed by atoms with van der Waals surface area (Å²) >= 11 is 0. The van der Waals surface area contributed by atoms with Crippen LogP contribution in [0.3, 0.4) is 0 Å². The van der Waals surface area contributed by atoms with Crippen molar-refractivity contribution in [3.05, 3.63) is 0 Å². The Morgan fingerprint density at radius 3 is 1.08 bits per heavy atom. The molecule has 2 N–H and O–H groups in total. The zero-order valence-electron chi connectivity index (χ0n) is 15.8. The normalized spacial score (nSPS) is 57.8. The van der Waals surface area contributed by atoms with Crippen molar-refractivity contribution < 1.29 is 4.57 Å². The molecule has 140 valence electrons. The van der Waals surface area contributed by atoms with Gasteiger partial charge in [-0.25, -0.2) is 10.2 Å². The molecule has 8 saturated carbocycles. The summed E-state index contributed by atoms with van der Waals surface area (Å²) in [5.74, 6) is 5.49. The maximum atomic E-state index is 13.8. The minimum absolute atomic E-state index is 0.203. The van der Waals surface area contributed by atoms with Crippen molar-refractivity contribution in [2.75, 3.05) is 6.66 Å². The molecule has 0 amide bonds. The van der Waals surface area contributed by atoms with E-state index in [1.807, 2.05) is 6.66 Å². The average Bonchev–Trinajstić information content (AvgIpc) is 2.40. The van der Waals surface area contributed by atoms with E-state index in [0.717, 1.165) is 35.5 Å². The van der Waals surface area contributed by atoms with Crippen molar-refractivity contribution in [1.29, 1.82) is 0 Å². The van der Waals surface area contributed by atoms with E-state index < -0.39 is 7.44 Å². The minimum atomic E-state index is -2.49. The lowest BCUT2D eigenvalue weighted by Gasteiger charge is -2.60. The zero-order chi connectivity index (χ0) is 16.9. The first-order valence-corrected chi connectivity index (χ1v) is 13.2. The zero-order valence-corrected chi connectivity index (χ0v) is 16.7. The highest BCUT2D eigenvalue weighted by molar-refractivity contribution is 7.59. The number of nitrogens with one attached hydrogen (secondary N) is 2. The fourth-order valence-electron chi connectivity index (χ4n) is 9.43. The van der Waals surface area contributed by atoms with Gasteiger partial charge in [0.25, 0.3) is 0 Å². The van der Waals surface area contributed by atoms with Gasteiger partial charge in [0.2, 0.25) is 7.44 Å². The Bertz CT molecular complexity index is 509. The van der Waals surface area contributed by atoms with Crippen LogP contribution in [0.15, 0.2) is 0 Å². The van der Waals surface area contributed by atoms with E-state index in [2.05, 4.69) is 10.2 Å². The molecule has 3 nitrogen and oxygen atoms in total. The third-order valence-electron chi connectivity index (χ3n) is 8.98.